The fraction of sp³-hybridized carbons (Fsp3) is 0.304. The monoisotopic (exact) mass is 439 g/mol. The van der Waals surface area contributed by atoms with Gasteiger partial charge in [-0.05, 0) is 30.2 Å². The SMILES string of the molecule is CCCc1c(C(=O)NCCC(=O)N(C)Cc2ccccc2)nnn1-c1cccc(Cl)c1. The lowest BCUT2D eigenvalue weighted by Crippen LogP contribution is -2.32. The van der Waals surface area contributed by atoms with Crippen LogP contribution in [0.5, 0.6) is 0 Å². The van der Waals surface area contributed by atoms with Gasteiger partial charge < -0.3 is 10.2 Å². The average Bonchev–Trinajstić information content (AvgIpc) is 3.18. The minimum atomic E-state index is -0.338. The summed E-state index contributed by atoms with van der Waals surface area (Å²) in [6.45, 7) is 2.78. The molecule has 0 saturated heterocycles. The van der Waals surface area contributed by atoms with Crippen LogP contribution in [0.1, 0.15) is 41.5 Å². The summed E-state index contributed by atoms with van der Waals surface area (Å²) in [5, 5.41) is 11.6. The van der Waals surface area contributed by atoms with Gasteiger partial charge in [-0.25, -0.2) is 4.68 Å². The van der Waals surface area contributed by atoms with Crippen molar-refractivity contribution in [1.82, 2.24) is 25.2 Å². The highest BCUT2D eigenvalue weighted by Crippen LogP contribution is 2.18. The number of amides is 2. The molecule has 0 spiro atoms. The van der Waals surface area contributed by atoms with E-state index in [1.165, 1.54) is 0 Å². The summed E-state index contributed by atoms with van der Waals surface area (Å²) in [5.74, 6) is -0.379. The molecule has 0 fully saturated rings. The summed E-state index contributed by atoms with van der Waals surface area (Å²) in [7, 11) is 1.76. The van der Waals surface area contributed by atoms with Gasteiger partial charge in [0.2, 0.25) is 5.91 Å². The average molecular weight is 440 g/mol. The first-order chi connectivity index (χ1) is 15.0. The van der Waals surface area contributed by atoms with E-state index < -0.39 is 0 Å². The molecular weight excluding hydrogens is 414 g/mol. The highest BCUT2D eigenvalue weighted by molar-refractivity contribution is 6.30. The molecule has 162 valence electrons. The standard InChI is InChI=1S/C23H26ClN5O2/c1-3-8-20-22(26-27-29(20)19-12-7-11-18(24)15-19)23(31)25-14-13-21(30)28(2)16-17-9-5-4-6-10-17/h4-7,9-12,15H,3,8,13-14,16H2,1-2H3,(H,25,31). The first-order valence-electron chi connectivity index (χ1n) is 10.3. The first-order valence-corrected chi connectivity index (χ1v) is 10.6. The molecule has 3 rings (SSSR count). The van der Waals surface area contributed by atoms with Gasteiger partial charge in [-0.15, -0.1) is 5.10 Å². The molecule has 0 unspecified atom stereocenters. The zero-order valence-corrected chi connectivity index (χ0v) is 18.5. The van der Waals surface area contributed by atoms with E-state index in [0.29, 0.717) is 18.0 Å². The van der Waals surface area contributed by atoms with Gasteiger partial charge in [-0.1, -0.05) is 66.6 Å². The van der Waals surface area contributed by atoms with Gasteiger partial charge in [0, 0.05) is 31.6 Å². The summed E-state index contributed by atoms with van der Waals surface area (Å²) < 4.78 is 1.64. The Morgan fingerprint density at radius 1 is 1.13 bits per heavy atom. The highest BCUT2D eigenvalue weighted by Gasteiger charge is 2.20. The van der Waals surface area contributed by atoms with Crippen molar-refractivity contribution < 1.29 is 9.59 Å². The molecule has 0 radical (unpaired) electrons. The van der Waals surface area contributed by atoms with Crippen LogP contribution in [0.15, 0.2) is 54.6 Å². The molecule has 31 heavy (non-hydrogen) atoms. The van der Waals surface area contributed by atoms with Crippen molar-refractivity contribution in [2.45, 2.75) is 32.7 Å². The van der Waals surface area contributed by atoms with Crippen molar-refractivity contribution in [1.29, 1.82) is 0 Å². The maximum atomic E-state index is 12.7. The molecule has 1 aromatic heterocycles. The number of hydrogen-bond donors (Lipinski definition) is 1. The van der Waals surface area contributed by atoms with Crippen LogP contribution in [0, 0.1) is 0 Å². The van der Waals surface area contributed by atoms with Crippen LogP contribution in [0.4, 0.5) is 0 Å². The number of nitrogens with zero attached hydrogens (tertiary/aromatic N) is 4. The fourth-order valence-corrected chi connectivity index (χ4v) is 3.44. The minimum Gasteiger partial charge on any atom is -0.350 e. The van der Waals surface area contributed by atoms with E-state index >= 15 is 0 Å². The number of halogens is 1. The number of carbonyl (C=O) groups excluding carboxylic acids is 2. The van der Waals surface area contributed by atoms with Crippen molar-refractivity contribution in [3.63, 3.8) is 0 Å². The third-order valence-electron chi connectivity index (χ3n) is 4.83. The predicted molar refractivity (Wildman–Crippen MR) is 120 cm³/mol. The van der Waals surface area contributed by atoms with E-state index in [4.69, 9.17) is 11.6 Å². The van der Waals surface area contributed by atoms with Crippen LogP contribution in [-0.2, 0) is 17.8 Å². The zero-order valence-electron chi connectivity index (χ0n) is 17.7. The highest BCUT2D eigenvalue weighted by atomic mass is 35.5. The van der Waals surface area contributed by atoms with Crippen LogP contribution >= 0.6 is 11.6 Å². The Labute approximate surface area is 187 Å². The number of rotatable bonds is 9. The summed E-state index contributed by atoms with van der Waals surface area (Å²) in [4.78, 5) is 26.8. The van der Waals surface area contributed by atoms with Gasteiger partial charge in [-0.2, -0.15) is 0 Å². The van der Waals surface area contributed by atoms with E-state index in [-0.39, 0.29) is 30.5 Å². The molecule has 1 heterocycles. The van der Waals surface area contributed by atoms with E-state index in [9.17, 15) is 9.59 Å². The van der Waals surface area contributed by atoms with Crippen molar-refractivity contribution in [3.05, 3.63) is 76.6 Å². The topological polar surface area (TPSA) is 80.1 Å². The van der Waals surface area contributed by atoms with Gasteiger partial charge in [0.05, 0.1) is 11.4 Å². The minimum absolute atomic E-state index is 0.0412. The normalized spacial score (nSPS) is 10.7. The summed E-state index contributed by atoms with van der Waals surface area (Å²) in [6, 6.07) is 17.0. The van der Waals surface area contributed by atoms with E-state index in [1.807, 2.05) is 49.4 Å². The third kappa shape index (κ3) is 5.92. The molecule has 1 N–H and O–H groups in total. The maximum Gasteiger partial charge on any atom is 0.273 e. The molecule has 3 aromatic rings. The molecule has 0 saturated carbocycles. The molecule has 0 bridgehead atoms. The second-order valence-corrected chi connectivity index (χ2v) is 7.70. The Bertz CT molecular complexity index is 1040. The molecule has 0 aliphatic rings. The summed E-state index contributed by atoms with van der Waals surface area (Å²) >= 11 is 6.09. The maximum absolute atomic E-state index is 12.7. The molecule has 2 amide bonds. The van der Waals surface area contributed by atoms with Gasteiger partial charge in [0.15, 0.2) is 5.69 Å². The second kappa shape index (κ2) is 10.7. The Morgan fingerprint density at radius 2 is 1.90 bits per heavy atom. The number of hydrogen-bond acceptors (Lipinski definition) is 4. The Kier molecular flexibility index (Phi) is 7.78. The van der Waals surface area contributed by atoms with Gasteiger partial charge >= 0.3 is 0 Å². The van der Waals surface area contributed by atoms with E-state index in [1.54, 1.807) is 28.8 Å². The Balaban J connectivity index is 1.61. The zero-order chi connectivity index (χ0) is 22.2. The van der Waals surface area contributed by atoms with Crippen molar-refractivity contribution in [3.8, 4) is 5.69 Å². The lowest BCUT2D eigenvalue weighted by Gasteiger charge is -2.17. The third-order valence-corrected chi connectivity index (χ3v) is 5.07. The Morgan fingerprint density at radius 3 is 2.61 bits per heavy atom. The number of aromatic nitrogens is 3. The van der Waals surface area contributed by atoms with Crippen LogP contribution in [-0.4, -0.2) is 45.3 Å². The van der Waals surface area contributed by atoms with Crippen LogP contribution < -0.4 is 5.32 Å². The summed E-state index contributed by atoms with van der Waals surface area (Å²) in [5.41, 5.74) is 2.80. The second-order valence-electron chi connectivity index (χ2n) is 7.27. The lowest BCUT2D eigenvalue weighted by molar-refractivity contribution is -0.130. The van der Waals surface area contributed by atoms with Gasteiger partial charge in [0.1, 0.15) is 0 Å². The first kappa shape index (κ1) is 22.5. The smallest absolute Gasteiger partial charge is 0.273 e. The molecule has 0 atom stereocenters. The lowest BCUT2D eigenvalue weighted by atomic mass is 10.2. The molecule has 0 aliphatic carbocycles. The fourth-order valence-electron chi connectivity index (χ4n) is 3.26. The molecule has 8 heteroatoms. The predicted octanol–water partition coefficient (Wildman–Crippen LogP) is 3.65. The molecule has 7 nitrogen and oxygen atoms in total. The van der Waals surface area contributed by atoms with Crippen LogP contribution in [0.3, 0.4) is 0 Å². The van der Waals surface area contributed by atoms with Gasteiger partial charge in [-0.3, -0.25) is 9.59 Å². The van der Waals surface area contributed by atoms with E-state index in [0.717, 1.165) is 23.4 Å². The quantitative estimate of drug-likeness (QED) is 0.551. The molecule has 2 aromatic carbocycles. The summed E-state index contributed by atoms with van der Waals surface area (Å²) in [6.07, 6.45) is 1.68. The van der Waals surface area contributed by atoms with Crippen molar-refractivity contribution >= 4 is 23.4 Å². The van der Waals surface area contributed by atoms with Crippen LogP contribution in [0.2, 0.25) is 5.02 Å². The van der Waals surface area contributed by atoms with Gasteiger partial charge in [0.25, 0.3) is 5.91 Å². The molecule has 0 aliphatic heterocycles. The van der Waals surface area contributed by atoms with Crippen molar-refractivity contribution in [2.24, 2.45) is 0 Å². The largest absolute Gasteiger partial charge is 0.350 e. The molecular formula is C23H26ClN5O2. The number of benzene rings is 2. The number of carbonyl (C=O) groups is 2. The van der Waals surface area contributed by atoms with Crippen molar-refractivity contribution in [2.75, 3.05) is 13.6 Å². The Hall–Kier alpha value is -3.19. The van der Waals surface area contributed by atoms with Crippen LogP contribution in [0.25, 0.3) is 5.69 Å². The number of nitrogens with one attached hydrogen (secondary N) is 1. The van der Waals surface area contributed by atoms with E-state index in [2.05, 4.69) is 15.6 Å².